The number of rotatable bonds is 2. The van der Waals surface area contributed by atoms with Gasteiger partial charge in [-0.15, -0.1) is 0 Å². The third kappa shape index (κ3) is 1.70. The highest BCUT2D eigenvalue weighted by Crippen LogP contribution is 2.15. The van der Waals surface area contributed by atoms with Gasteiger partial charge in [-0.2, -0.15) is 5.26 Å². The first-order valence-electron chi connectivity index (χ1n) is 3.78. The van der Waals surface area contributed by atoms with Crippen molar-refractivity contribution in [3.8, 4) is 6.07 Å². The van der Waals surface area contributed by atoms with Gasteiger partial charge in [-0.1, -0.05) is 0 Å². The maximum absolute atomic E-state index is 11.3. The molecule has 0 aliphatic rings. The van der Waals surface area contributed by atoms with E-state index in [1.807, 2.05) is 6.07 Å². The third-order valence-electron chi connectivity index (χ3n) is 1.74. The number of nitrogens with zero attached hydrogens (tertiary/aromatic N) is 3. The van der Waals surface area contributed by atoms with Gasteiger partial charge in [-0.05, 0) is 11.6 Å². The molecule has 0 aliphatic carbocycles. The standard InChI is InChI=1S/C8H8ClN3O2/c1-12-6(7(13)14-2)5(3-4-10)11-8(12)9/h3H2,1-2H3. The third-order valence-corrected chi connectivity index (χ3v) is 2.08. The van der Waals surface area contributed by atoms with E-state index in [1.165, 1.54) is 11.7 Å². The molecule has 0 aromatic carbocycles. The predicted molar refractivity (Wildman–Crippen MR) is 48.9 cm³/mol. The van der Waals surface area contributed by atoms with E-state index < -0.39 is 5.97 Å². The largest absolute Gasteiger partial charge is 0.464 e. The molecule has 1 aromatic rings. The quantitative estimate of drug-likeness (QED) is 0.686. The number of methoxy groups -OCH3 is 1. The molecule has 1 heterocycles. The number of carbonyl (C=O) groups excluding carboxylic acids is 1. The lowest BCUT2D eigenvalue weighted by molar-refractivity contribution is 0.0588. The molecule has 1 aromatic heterocycles. The van der Waals surface area contributed by atoms with E-state index in [4.69, 9.17) is 16.9 Å². The number of aromatic nitrogens is 2. The number of ether oxygens (including phenoxy) is 1. The maximum Gasteiger partial charge on any atom is 0.356 e. The minimum atomic E-state index is -0.544. The second-order valence-corrected chi connectivity index (χ2v) is 2.90. The highest BCUT2D eigenvalue weighted by atomic mass is 35.5. The van der Waals surface area contributed by atoms with Gasteiger partial charge in [-0.25, -0.2) is 9.78 Å². The second-order valence-electron chi connectivity index (χ2n) is 2.56. The van der Waals surface area contributed by atoms with Crippen LogP contribution in [0, 0.1) is 11.3 Å². The number of imidazole rings is 1. The summed E-state index contributed by atoms with van der Waals surface area (Å²) in [5, 5.41) is 8.67. The Bertz CT molecular complexity index is 405. The van der Waals surface area contributed by atoms with Crippen LogP contribution in [0.4, 0.5) is 0 Å². The molecule has 1 rings (SSSR count). The molecular formula is C8H8ClN3O2. The molecule has 5 nitrogen and oxygen atoms in total. The summed E-state index contributed by atoms with van der Waals surface area (Å²) in [6, 6.07) is 1.90. The van der Waals surface area contributed by atoms with Gasteiger partial charge in [-0.3, -0.25) is 0 Å². The monoisotopic (exact) mass is 213 g/mol. The fourth-order valence-electron chi connectivity index (χ4n) is 1.07. The topological polar surface area (TPSA) is 67.9 Å². The first-order chi connectivity index (χ1) is 6.61. The second kappa shape index (κ2) is 4.11. The lowest BCUT2D eigenvalue weighted by Gasteiger charge is -2.01. The van der Waals surface area contributed by atoms with Gasteiger partial charge >= 0.3 is 5.97 Å². The summed E-state index contributed by atoms with van der Waals surface area (Å²) >= 11 is 5.71. The van der Waals surface area contributed by atoms with Crippen molar-refractivity contribution in [3.05, 3.63) is 16.7 Å². The fraction of sp³-hybridized carbons (Fsp3) is 0.375. The van der Waals surface area contributed by atoms with Crippen molar-refractivity contribution >= 4 is 17.6 Å². The molecule has 14 heavy (non-hydrogen) atoms. The van der Waals surface area contributed by atoms with Crippen LogP contribution >= 0.6 is 11.6 Å². The van der Waals surface area contributed by atoms with E-state index in [9.17, 15) is 4.79 Å². The summed E-state index contributed by atoms with van der Waals surface area (Å²) in [4.78, 5) is 15.2. The number of carbonyl (C=O) groups is 1. The first-order valence-corrected chi connectivity index (χ1v) is 4.16. The maximum atomic E-state index is 11.3. The van der Waals surface area contributed by atoms with Crippen molar-refractivity contribution in [1.29, 1.82) is 5.26 Å². The zero-order chi connectivity index (χ0) is 10.7. The van der Waals surface area contributed by atoms with Crippen molar-refractivity contribution in [1.82, 2.24) is 9.55 Å². The number of esters is 1. The van der Waals surface area contributed by atoms with Crippen LogP contribution in [0.1, 0.15) is 16.2 Å². The zero-order valence-electron chi connectivity index (χ0n) is 7.74. The minimum absolute atomic E-state index is 0.0327. The molecular weight excluding hydrogens is 206 g/mol. The summed E-state index contributed by atoms with van der Waals surface area (Å²) in [7, 11) is 2.85. The highest BCUT2D eigenvalue weighted by Gasteiger charge is 2.20. The molecule has 0 aliphatic heterocycles. The summed E-state index contributed by atoms with van der Waals surface area (Å²) in [5.41, 5.74) is 0.561. The van der Waals surface area contributed by atoms with Crippen LogP contribution < -0.4 is 0 Å². The average molecular weight is 214 g/mol. The lowest BCUT2D eigenvalue weighted by atomic mass is 10.2. The molecule has 0 N–H and O–H groups in total. The van der Waals surface area contributed by atoms with Crippen LogP contribution in [0.15, 0.2) is 0 Å². The van der Waals surface area contributed by atoms with E-state index >= 15 is 0 Å². The molecule has 0 saturated carbocycles. The van der Waals surface area contributed by atoms with Gasteiger partial charge in [0.2, 0.25) is 5.28 Å². The summed E-state index contributed by atoms with van der Waals surface area (Å²) in [6.07, 6.45) is 0.0327. The fourth-order valence-corrected chi connectivity index (χ4v) is 1.26. The Morgan fingerprint density at radius 2 is 2.43 bits per heavy atom. The molecule has 0 unspecified atom stereocenters. The van der Waals surface area contributed by atoms with Crippen LogP contribution in [0.2, 0.25) is 5.28 Å². The summed E-state index contributed by atoms with van der Waals surface area (Å²) in [5.74, 6) is -0.544. The SMILES string of the molecule is COC(=O)c1c(CC#N)nc(Cl)n1C. The Labute approximate surface area is 85.9 Å². The Hall–Kier alpha value is -1.54. The van der Waals surface area contributed by atoms with Crippen LogP contribution in [0.3, 0.4) is 0 Å². The smallest absolute Gasteiger partial charge is 0.356 e. The Morgan fingerprint density at radius 3 is 2.93 bits per heavy atom. The number of nitriles is 1. The molecule has 0 saturated heterocycles. The van der Waals surface area contributed by atoms with Crippen molar-refractivity contribution in [2.75, 3.05) is 7.11 Å². The average Bonchev–Trinajstić information content (AvgIpc) is 2.43. The highest BCUT2D eigenvalue weighted by molar-refractivity contribution is 6.28. The van der Waals surface area contributed by atoms with Gasteiger partial charge in [0.1, 0.15) is 0 Å². The number of hydrogen-bond donors (Lipinski definition) is 0. The van der Waals surface area contributed by atoms with Crippen molar-refractivity contribution in [2.45, 2.75) is 6.42 Å². The molecule has 0 spiro atoms. The molecule has 74 valence electrons. The Morgan fingerprint density at radius 1 is 1.79 bits per heavy atom. The van der Waals surface area contributed by atoms with E-state index in [2.05, 4.69) is 9.72 Å². The molecule has 0 bridgehead atoms. The zero-order valence-corrected chi connectivity index (χ0v) is 8.50. The molecule has 0 radical (unpaired) electrons. The lowest BCUT2D eigenvalue weighted by Crippen LogP contribution is -2.10. The van der Waals surface area contributed by atoms with E-state index in [1.54, 1.807) is 7.05 Å². The molecule has 0 atom stereocenters. The van der Waals surface area contributed by atoms with Gasteiger partial charge < -0.3 is 9.30 Å². The number of hydrogen-bond acceptors (Lipinski definition) is 4. The summed E-state index contributed by atoms with van der Waals surface area (Å²) < 4.78 is 5.94. The van der Waals surface area contributed by atoms with Crippen molar-refractivity contribution in [2.24, 2.45) is 7.05 Å². The normalized spacial score (nSPS) is 9.57. The van der Waals surface area contributed by atoms with E-state index in [0.717, 1.165) is 0 Å². The molecule has 0 fully saturated rings. The Kier molecular flexibility index (Phi) is 3.10. The number of halogens is 1. The van der Waals surface area contributed by atoms with Gasteiger partial charge in [0.25, 0.3) is 0 Å². The van der Waals surface area contributed by atoms with Gasteiger partial charge in [0, 0.05) is 7.05 Å². The van der Waals surface area contributed by atoms with Crippen molar-refractivity contribution in [3.63, 3.8) is 0 Å². The minimum Gasteiger partial charge on any atom is -0.464 e. The van der Waals surface area contributed by atoms with Crippen LogP contribution in [-0.4, -0.2) is 22.6 Å². The molecule has 0 amide bonds. The van der Waals surface area contributed by atoms with Crippen molar-refractivity contribution < 1.29 is 9.53 Å². The van der Waals surface area contributed by atoms with Crippen LogP contribution in [-0.2, 0) is 18.2 Å². The molecule has 6 heteroatoms. The Balaban J connectivity index is 3.24. The first kappa shape index (κ1) is 10.5. The van der Waals surface area contributed by atoms with Gasteiger partial charge in [0.15, 0.2) is 5.69 Å². The van der Waals surface area contributed by atoms with Crippen LogP contribution in [0.5, 0.6) is 0 Å². The van der Waals surface area contributed by atoms with Gasteiger partial charge in [0.05, 0.1) is 25.3 Å². The van der Waals surface area contributed by atoms with E-state index in [-0.39, 0.29) is 17.4 Å². The van der Waals surface area contributed by atoms with Crippen LogP contribution in [0.25, 0.3) is 0 Å². The summed E-state index contributed by atoms with van der Waals surface area (Å²) in [6.45, 7) is 0. The predicted octanol–water partition coefficient (Wildman–Crippen LogP) is 0.926. The van der Waals surface area contributed by atoms with E-state index in [0.29, 0.717) is 5.69 Å².